The van der Waals surface area contributed by atoms with E-state index in [-0.39, 0.29) is 0 Å². The Bertz CT molecular complexity index is 400. The summed E-state index contributed by atoms with van der Waals surface area (Å²) >= 11 is 3.60. The smallest absolute Gasteiger partial charge is 0.161 e. The van der Waals surface area contributed by atoms with Crippen LogP contribution in [-0.4, -0.2) is 43.1 Å². The average molecular weight is 342 g/mol. The van der Waals surface area contributed by atoms with Crippen molar-refractivity contribution in [2.24, 2.45) is 5.92 Å². The minimum Gasteiger partial charge on any atom is -0.490 e. The zero-order chi connectivity index (χ0) is 14.2. The number of para-hydroxylation sites is 2. The minimum atomic E-state index is 0.666. The summed E-state index contributed by atoms with van der Waals surface area (Å²) in [6.45, 7) is 6.75. The number of rotatable bonds is 7. The molecule has 1 atom stereocenters. The van der Waals surface area contributed by atoms with Gasteiger partial charge in [-0.2, -0.15) is 0 Å². The van der Waals surface area contributed by atoms with E-state index >= 15 is 0 Å². The Hall–Kier alpha value is -0.740. The van der Waals surface area contributed by atoms with Gasteiger partial charge in [0.15, 0.2) is 11.5 Å². The highest BCUT2D eigenvalue weighted by molar-refractivity contribution is 9.09. The van der Waals surface area contributed by atoms with Gasteiger partial charge >= 0.3 is 0 Å². The zero-order valence-corrected chi connectivity index (χ0v) is 13.8. The van der Waals surface area contributed by atoms with Crippen LogP contribution in [0, 0.1) is 5.92 Å². The molecule has 0 spiro atoms. The molecule has 1 aliphatic rings. The summed E-state index contributed by atoms with van der Waals surface area (Å²) in [5.41, 5.74) is 0. The van der Waals surface area contributed by atoms with E-state index in [9.17, 15) is 0 Å². The Balaban J connectivity index is 1.78. The molecule has 0 radical (unpaired) electrons. The number of hydrogen-bond acceptors (Lipinski definition) is 3. The molecule has 3 nitrogen and oxygen atoms in total. The molecule has 1 heterocycles. The molecule has 0 bridgehead atoms. The van der Waals surface area contributed by atoms with E-state index in [1.807, 2.05) is 31.2 Å². The third-order valence-electron chi connectivity index (χ3n) is 3.64. The number of hydrogen-bond donors (Lipinski definition) is 0. The van der Waals surface area contributed by atoms with Crippen molar-refractivity contribution in [2.75, 3.05) is 38.2 Å². The molecule has 2 rings (SSSR count). The summed E-state index contributed by atoms with van der Waals surface area (Å²) in [5, 5.41) is 1.11. The molecule has 1 aromatic rings. The fourth-order valence-corrected chi connectivity index (χ4v) is 3.14. The van der Waals surface area contributed by atoms with Crippen LogP contribution in [0.25, 0.3) is 0 Å². The first-order valence-corrected chi connectivity index (χ1v) is 8.58. The Labute approximate surface area is 130 Å². The predicted molar refractivity (Wildman–Crippen MR) is 86.1 cm³/mol. The topological polar surface area (TPSA) is 21.7 Å². The number of likely N-dealkylation sites (tertiary alicyclic amines) is 1. The van der Waals surface area contributed by atoms with Crippen LogP contribution < -0.4 is 9.47 Å². The SMILES string of the molecule is CCOc1ccccc1OCCN1CCCC(CBr)C1. The highest BCUT2D eigenvalue weighted by Crippen LogP contribution is 2.26. The van der Waals surface area contributed by atoms with Gasteiger partial charge in [-0.1, -0.05) is 28.1 Å². The lowest BCUT2D eigenvalue weighted by atomic mass is 10.0. The third kappa shape index (κ3) is 4.67. The monoisotopic (exact) mass is 341 g/mol. The molecule has 1 saturated heterocycles. The largest absolute Gasteiger partial charge is 0.490 e. The number of benzene rings is 1. The standard InChI is InChI=1S/C16H24BrNO2/c1-2-19-15-7-3-4-8-16(15)20-11-10-18-9-5-6-14(12-17)13-18/h3-4,7-8,14H,2,5-6,9-13H2,1H3. The van der Waals surface area contributed by atoms with E-state index < -0.39 is 0 Å². The summed E-state index contributed by atoms with van der Waals surface area (Å²) in [7, 11) is 0. The lowest BCUT2D eigenvalue weighted by Crippen LogP contribution is -2.38. The molecular formula is C16H24BrNO2. The molecule has 0 amide bonds. The molecule has 1 aromatic carbocycles. The zero-order valence-electron chi connectivity index (χ0n) is 12.2. The number of halogens is 1. The van der Waals surface area contributed by atoms with Crippen LogP contribution in [0.15, 0.2) is 24.3 Å². The molecule has 4 heteroatoms. The van der Waals surface area contributed by atoms with Crippen LogP contribution in [-0.2, 0) is 0 Å². The highest BCUT2D eigenvalue weighted by Gasteiger charge is 2.18. The van der Waals surface area contributed by atoms with Crippen molar-refractivity contribution in [1.82, 2.24) is 4.90 Å². The van der Waals surface area contributed by atoms with Gasteiger partial charge in [-0.05, 0) is 44.4 Å². The van der Waals surface area contributed by atoms with Gasteiger partial charge in [-0.3, -0.25) is 4.90 Å². The number of nitrogens with zero attached hydrogens (tertiary/aromatic N) is 1. The van der Waals surface area contributed by atoms with E-state index in [1.165, 1.54) is 25.9 Å². The van der Waals surface area contributed by atoms with E-state index in [1.54, 1.807) is 0 Å². The molecule has 0 saturated carbocycles. The first-order valence-electron chi connectivity index (χ1n) is 7.46. The van der Waals surface area contributed by atoms with Gasteiger partial charge in [-0.25, -0.2) is 0 Å². The molecule has 1 aliphatic heterocycles. The van der Waals surface area contributed by atoms with E-state index in [4.69, 9.17) is 9.47 Å². The lowest BCUT2D eigenvalue weighted by molar-refractivity contribution is 0.153. The fraction of sp³-hybridized carbons (Fsp3) is 0.625. The van der Waals surface area contributed by atoms with Gasteiger partial charge < -0.3 is 9.47 Å². The summed E-state index contributed by atoms with van der Waals surface area (Å²) in [4.78, 5) is 2.50. The number of ether oxygens (including phenoxy) is 2. The van der Waals surface area contributed by atoms with Crippen molar-refractivity contribution >= 4 is 15.9 Å². The molecule has 112 valence electrons. The second-order valence-electron chi connectivity index (χ2n) is 5.19. The quantitative estimate of drug-likeness (QED) is 0.707. The fourth-order valence-electron chi connectivity index (χ4n) is 2.61. The Morgan fingerprint density at radius 3 is 2.70 bits per heavy atom. The van der Waals surface area contributed by atoms with Crippen LogP contribution in [0.4, 0.5) is 0 Å². The van der Waals surface area contributed by atoms with Crippen molar-refractivity contribution in [3.63, 3.8) is 0 Å². The minimum absolute atomic E-state index is 0.666. The highest BCUT2D eigenvalue weighted by atomic mass is 79.9. The lowest BCUT2D eigenvalue weighted by Gasteiger charge is -2.31. The molecule has 20 heavy (non-hydrogen) atoms. The van der Waals surface area contributed by atoms with Crippen molar-refractivity contribution < 1.29 is 9.47 Å². The summed E-state index contributed by atoms with van der Waals surface area (Å²) in [6, 6.07) is 7.89. The van der Waals surface area contributed by atoms with Crippen molar-refractivity contribution in [2.45, 2.75) is 19.8 Å². The maximum atomic E-state index is 5.88. The van der Waals surface area contributed by atoms with Crippen LogP contribution in [0.2, 0.25) is 0 Å². The number of piperidine rings is 1. The molecule has 1 unspecified atom stereocenters. The molecule has 0 aliphatic carbocycles. The Morgan fingerprint density at radius 2 is 2.00 bits per heavy atom. The third-order valence-corrected chi connectivity index (χ3v) is 4.55. The van der Waals surface area contributed by atoms with Gasteiger partial charge in [0, 0.05) is 18.4 Å². The average Bonchev–Trinajstić information content (AvgIpc) is 2.49. The van der Waals surface area contributed by atoms with Gasteiger partial charge in [-0.15, -0.1) is 0 Å². The maximum Gasteiger partial charge on any atom is 0.161 e. The second kappa shape index (κ2) is 8.53. The van der Waals surface area contributed by atoms with E-state index in [0.717, 1.165) is 35.9 Å². The van der Waals surface area contributed by atoms with Gasteiger partial charge in [0.2, 0.25) is 0 Å². The predicted octanol–water partition coefficient (Wildman–Crippen LogP) is 3.57. The van der Waals surface area contributed by atoms with Gasteiger partial charge in [0.25, 0.3) is 0 Å². The normalized spacial score (nSPS) is 19.8. The molecule has 1 fully saturated rings. The van der Waals surface area contributed by atoms with Crippen molar-refractivity contribution in [3.8, 4) is 11.5 Å². The number of alkyl halides is 1. The van der Waals surface area contributed by atoms with Crippen LogP contribution in [0.1, 0.15) is 19.8 Å². The van der Waals surface area contributed by atoms with Crippen molar-refractivity contribution in [1.29, 1.82) is 0 Å². The first kappa shape index (κ1) is 15.6. The Morgan fingerprint density at radius 1 is 1.25 bits per heavy atom. The molecule has 0 aromatic heterocycles. The van der Waals surface area contributed by atoms with Crippen LogP contribution in [0.3, 0.4) is 0 Å². The summed E-state index contributed by atoms with van der Waals surface area (Å²) in [5.74, 6) is 2.48. The van der Waals surface area contributed by atoms with Crippen molar-refractivity contribution in [3.05, 3.63) is 24.3 Å². The maximum absolute atomic E-state index is 5.88. The first-order chi connectivity index (χ1) is 9.83. The molecule has 0 N–H and O–H groups in total. The molecular weight excluding hydrogens is 318 g/mol. The van der Waals surface area contributed by atoms with Gasteiger partial charge in [0.1, 0.15) is 6.61 Å². The summed E-state index contributed by atoms with van der Waals surface area (Å²) < 4.78 is 11.5. The van der Waals surface area contributed by atoms with Gasteiger partial charge in [0.05, 0.1) is 6.61 Å². The Kier molecular flexibility index (Phi) is 6.67. The van der Waals surface area contributed by atoms with E-state index in [0.29, 0.717) is 6.61 Å². The van der Waals surface area contributed by atoms with E-state index in [2.05, 4.69) is 20.8 Å². The van der Waals surface area contributed by atoms with Crippen LogP contribution >= 0.6 is 15.9 Å². The second-order valence-corrected chi connectivity index (χ2v) is 5.84. The van der Waals surface area contributed by atoms with Crippen LogP contribution in [0.5, 0.6) is 11.5 Å². The summed E-state index contributed by atoms with van der Waals surface area (Å²) in [6.07, 6.45) is 2.64.